The molecule has 3 heterocycles. The molecular weight excluding hydrogens is 827 g/mol. The lowest BCUT2D eigenvalue weighted by Gasteiger charge is -2.32. The summed E-state index contributed by atoms with van der Waals surface area (Å²) in [5.74, 6) is 1.75. The Morgan fingerprint density at radius 2 is 0.931 bits per heavy atom. The lowest BCUT2D eigenvalue weighted by atomic mass is 9.71. The van der Waals surface area contributed by atoms with Crippen molar-refractivity contribution in [3.05, 3.63) is 84.6 Å². The predicted molar refractivity (Wildman–Crippen MR) is 253 cm³/mol. The van der Waals surface area contributed by atoms with Crippen LogP contribution in [0, 0.1) is 0 Å². The summed E-state index contributed by atoms with van der Waals surface area (Å²) < 4.78 is 34.9. The molecule has 0 amide bonds. The quantitative estimate of drug-likeness (QED) is 0.0898. The van der Waals surface area contributed by atoms with Gasteiger partial charge in [0.2, 0.25) is 0 Å². The number of benzene rings is 2. The smallest absolute Gasteiger partial charge is 0.466 e. The van der Waals surface area contributed by atoms with Crippen LogP contribution in [0.1, 0.15) is 147 Å². The van der Waals surface area contributed by atoms with Crippen LogP contribution in [0.25, 0.3) is 11.1 Å². The molecule has 0 unspecified atom stereocenters. The lowest BCUT2D eigenvalue weighted by molar-refractivity contribution is 0.00578. The van der Waals surface area contributed by atoms with Crippen LogP contribution in [-0.4, -0.2) is 45.1 Å². The van der Waals surface area contributed by atoms with Crippen LogP contribution in [0.4, 0.5) is 0 Å². The minimum atomic E-state index is -0.308. The van der Waals surface area contributed by atoms with Crippen molar-refractivity contribution in [1.82, 2.24) is 0 Å². The van der Waals surface area contributed by atoms with Gasteiger partial charge in [-0.2, -0.15) is 0 Å². The maximum absolute atomic E-state index is 6.26. The molecule has 2 aromatic carbocycles. The number of ether oxygens (including phenoxy) is 4. The van der Waals surface area contributed by atoms with Crippen LogP contribution < -0.4 is 14.9 Å². The molecule has 0 saturated carbocycles. The van der Waals surface area contributed by atoms with Gasteiger partial charge in [0, 0.05) is 40.3 Å². The van der Waals surface area contributed by atoms with Gasteiger partial charge in [0.1, 0.15) is 11.5 Å². The highest BCUT2D eigenvalue weighted by Crippen LogP contribution is 2.40. The molecule has 5 rings (SSSR count). The van der Waals surface area contributed by atoms with Gasteiger partial charge in [0.25, 0.3) is 0 Å². The molecule has 4 aromatic rings. The summed E-state index contributed by atoms with van der Waals surface area (Å²) in [7, 11) is -0.302. The summed E-state index contributed by atoms with van der Waals surface area (Å²) >= 11 is 6.61. The average molecular weight is 900 g/mol. The van der Waals surface area contributed by atoms with E-state index in [1.807, 2.05) is 24.6 Å². The molecule has 0 bridgehead atoms. The second kappa shape index (κ2) is 20.1. The van der Waals surface area contributed by atoms with Gasteiger partial charge in [-0.25, -0.2) is 0 Å². The van der Waals surface area contributed by atoms with Crippen molar-refractivity contribution in [3.63, 3.8) is 0 Å². The molecule has 58 heavy (non-hydrogen) atoms. The van der Waals surface area contributed by atoms with Gasteiger partial charge in [0.05, 0.1) is 15.7 Å². The Balaban J connectivity index is 0.000000248. The van der Waals surface area contributed by atoms with Crippen LogP contribution in [-0.2, 0) is 40.4 Å². The highest BCUT2D eigenvalue weighted by atomic mass is 79.9. The van der Waals surface area contributed by atoms with Crippen molar-refractivity contribution < 1.29 is 28.3 Å². The standard InChI is InChI=1S/C21H30O2S.C20H33BO2.C7H9BrO2S/c1-8-22-14-23-19-13-24-12-18(19)15-9-16(20(2,3)4)11-17(10-15)21(5,6)7;1-17(2,3)14-11-15(18(4,5)6)13-16(12-14)21-22-19(7,8)20(9,10)23-21;1-2-9-5-10-7-4-11-3-6(7)8/h9-13H,8,14H2,1-7H3;11-13H,1-10H3;3-4H,2,5H2,1H3. The first kappa shape index (κ1) is 50.2. The van der Waals surface area contributed by atoms with Crippen molar-refractivity contribution in [1.29, 1.82) is 0 Å². The SMILES string of the molecule is CC(C)(C)c1cc(B2OC(C)(C)C(C)(C)O2)cc(C(C)(C)C)c1.CCOCOc1cscc1-c1cc(C(C)(C)C)cc(C(C)(C)C)c1.CCOCOc1cscc1Br. The first-order valence-corrected chi connectivity index (χ1v) is 23.2. The van der Waals surface area contributed by atoms with E-state index in [4.69, 9.17) is 28.3 Å². The second-order valence-corrected chi connectivity index (χ2v) is 22.3. The van der Waals surface area contributed by atoms with Gasteiger partial charge in [-0.1, -0.05) is 119 Å². The minimum Gasteiger partial charge on any atom is -0.466 e. The highest BCUT2D eigenvalue weighted by molar-refractivity contribution is 9.10. The molecule has 2 aromatic heterocycles. The van der Waals surface area contributed by atoms with Crippen LogP contribution in [0.5, 0.6) is 11.5 Å². The average Bonchev–Trinajstić information content (AvgIpc) is 3.80. The van der Waals surface area contributed by atoms with E-state index in [1.165, 1.54) is 27.8 Å². The zero-order chi connectivity index (χ0) is 43.9. The largest absolute Gasteiger partial charge is 0.494 e. The Morgan fingerprint density at radius 1 is 0.552 bits per heavy atom. The summed E-state index contributed by atoms with van der Waals surface area (Å²) in [5.41, 5.74) is 8.66. The molecule has 10 heteroatoms. The van der Waals surface area contributed by atoms with E-state index in [1.54, 1.807) is 22.7 Å². The summed E-state index contributed by atoms with van der Waals surface area (Å²) in [4.78, 5) is 0. The maximum atomic E-state index is 6.26. The fourth-order valence-electron chi connectivity index (χ4n) is 5.64. The summed E-state index contributed by atoms with van der Waals surface area (Å²) in [6.07, 6.45) is 0. The predicted octanol–water partition coefficient (Wildman–Crippen LogP) is 13.8. The van der Waals surface area contributed by atoms with Crippen molar-refractivity contribution in [2.45, 2.75) is 157 Å². The first-order valence-electron chi connectivity index (χ1n) is 20.5. The number of halogens is 1. The molecule has 0 N–H and O–H groups in total. The van der Waals surface area contributed by atoms with Crippen molar-refractivity contribution in [2.75, 3.05) is 26.8 Å². The molecule has 0 radical (unpaired) electrons. The zero-order valence-corrected chi connectivity index (χ0v) is 42.0. The van der Waals surface area contributed by atoms with Crippen molar-refractivity contribution in [2.24, 2.45) is 0 Å². The third-order valence-electron chi connectivity index (χ3n) is 10.4. The minimum absolute atomic E-state index is 0.0969. The van der Waals surface area contributed by atoms with Gasteiger partial charge in [-0.15, -0.1) is 22.7 Å². The monoisotopic (exact) mass is 898 g/mol. The normalized spacial score (nSPS) is 15.3. The second-order valence-electron chi connectivity index (χ2n) is 20.0. The molecule has 1 fully saturated rings. The fraction of sp³-hybridized carbons (Fsp3) is 0.583. The summed E-state index contributed by atoms with van der Waals surface area (Å²) in [6.45, 7) is 41.4. The maximum Gasteiger partial charge on any atom is 0.494 e. The Hall–Kier alpha value is -2.18. The van der Waals surface area contributed by atoms with Crippen molar-refractivity contribution >= 4 is 51.2 Å². The van der Waals surface area contributed by atoms with E-state index >= 15 is 0 Å². The van der Waals surface area contributed by atoms with Crippen LogP contribution >= 0.6 is 38.6 Å². The topological polar surface area (TPSA) is 55.4 Å². The van der Waals surface area contributed by atoms with Gasteiger partial charge >= 0.3 is 7.12 Å². The molecule has 0 spiro atoms. The highest BCUT2D eigenvalue weighted by Gasteiger charge is 2.52. The number of hydrogen-bond acceptors (Lipinski definition) is 8. The van der Waals surface area contributed by atoms with E-state index in [0.717, 1.165) is 27.0 Å². The molecule has 6 nitrogen and oxygen atoms in total. The third-order valence-corrected chi connectivity index (χ3v) is 12.8. The summed E-state index contributed by atoms with van der Waals surface area (Å²) in [5, 5.41) is 8.12. The van der Waals surface area contributed by atoms with Crippen LogP contribution in [0.3, 0.4) is 0 Å². The third kappa shape index (κ3) is 14.2. The van der Waals surface area contributed by atoms with Gasteiger partial charge in [-0.05, 0) is 112 Å². The Labute approximate surface area is 369 Å². The van der Waals surface area contributed by atoms with Crippen molar-refractivity contribution in [3.8, 4) is 22.6 Å². The molecule has 1 saturated heterocycles. The lowest BCUT2D eigenvalue weighted by Crippen LogP contribution is -2.41. The fourth-order valence-corrected chi connectivity index (χ4v) is 7.74. The molecule has 0 aliphatic carbocycles. The molecule has 1 aliphatic heterocycles. The number of rotatable bonds is 10. The van der Waals surface area contributed by atoms with Gasteiger partial charge in [0.15, 0.2) is 13.6 Å². The number of thiophene rings is 2. The zero-order valence-electron chi connectivity index (χ0n) is 38.8. The first-order chi connectivity index (χ1) is 26.6. The van der Waals surface area contributed by atoms with Gasteiger partial charge in [-0.3, -0.25) is 0 Å². The van der Waals surface area contributed by atoms with E-state index in [9.17, 15) is 0 Å². The van der Waals surface area contributed by atoms with Crippen LogP contribution in [0.2, 0.25) is 0 Å². The van der Waals surface area contributed by atoms with Crippen LogP contribution in [0.15, 0.2) is 62.4 Å². The summed E-state index contributed by atoms with van der Waals surface area (Å²) in [6, 6.07) is 13.8. The molecule has 0 atom stereocenters. The molecular formula is C48H72BBrO6S2. The Kier molecular flexibility index (Phi) is 17.4. The van der Waals surface area contributed by atoms with E-state index < -0.39 is 0 Å². The van der Waals surface area contributed by atoms with E-state index in [-0.39, 0.29) is 40.0 Å². The van der Waals surface area contributed by atoms with E-state index in [2.05, 4.69) is 174 Å². The number of hydrogen-bond donors (Lipinski definition) is 0. The van der Waals surface area contributed by atoms with Gasteiger partial charge < -0.3 is 28.3 Å². The Bertz CT molecular complexity index is 1800. The molecule has 322 valence electrons. The molecule has 1 aliphatic rings. The van der Waals surface area contributed by atoms with E-state index in [0.29, 0.717) is 26.8 Å². The Morgan fingerprint density at radius 3 is 1.31 bits per heavy atom.